The molecule has 3 aromatic rings. The van der Waals surface area contributed by atoms with Crippen LogP contribution in [0.2, 0.25) is 0 Å². The van der Waals surface area contributed by atoms with Gasteiger partial charge in [-0.25, -0.2) is 18.1 Å². The lowest BCUT2D eigenvalue weighted by Gasteiger charge is -2.07. The number of aromatic amines is 1. The molecule has 0 saturated heterocycles. The van der Waals surface area contributed by atoms with Gasteiger partial charge in [-0.3, -0.25) is 9.59 Å². The quantitative estimate of drug-likeness (QED) is 0.541. The number of benzene rings is 2. The van der Waals surface area contributed by atoms with Crippen molar-refractivity contribution in [3.8, 4) is 0 Å². The highest BCUT2D eigenvalue weighted by Gasteiger charge is 2.15. The number of fused-ring (bicyclic) bond motifs is 1. The van der Waals surface area contributed by atoms with Gasteiger partial charge in [0.2, 0.25) is 11.8 Å². The Balaban J connectivity index is 1.58. The largest absolute Gasteiger partial charge is 0.333 e. The monoisotopic (exact) mass is 404 g/mol. The molecule has 0 atom stereocenters. The van der Waals surface area contributed by atoms with E-state index in [1.54, 1.807) is 0 Å². The minimum absolute atomic E-state index is 0.0626. The minimum Gasteiger partial charge on any atom is -0.333 e. The summed E-state index contributed by atoms with van der Waals surface area (Å²) in [4.78, 5) is 30.5. The van der Waals surface area contributed by atoms with Crippen molar-refractivity contribution >= 4 is 50.3 Å². The number of amides is 2. The fourth-order valence-corrected chi connectivity index (χ4v) is 3.97. The number of aromatic nitrogens is 2. The number of carbonyl (C=O) groups excluding carboxylic acids is 2. The molecule has 3 N–H and O–H groups in total. The van der Waals surface area contributed by atoms with Gasteiger partial charge in [0.25, 0.3) is 10.0 Å². The van der Waals surface area contributed by atoms with E-state index < -0.39 is 15.9 Å². The maximum Gasteiger partial charge on any atom is 0.264 e. The highest BCUT2D eigenvalue weighted by atomic mass is 32.2. The molecule has 2 amide bonds. The molecule has 0 bridgehead atoms. The molecule has 3 rings (SSSR count). The van der Waals surface area contributed by atoms with E-state index in [-0.39, 0.29) is 16.6 Å². The van der Waals surface area contributed by atoms with Crippen molar-refractivity contribution in [3.05, 3.63) is 48.5 Å². The van der Waals surface area contributed by atoms with E-state index in [4.69, 9.17) is 0 Å². The average molecular weight is 404 g/mol. The number of nitrogens with one attached hydrogen (secondary N) is 3. The predicted octanol–water partition coefficient (Wildman–Crippen LogP) is 2.12. The lowest BCUT2D eigenvalue weighted by molar-refractivity contribution is -0.117. The zero-order valence-electron chi connectivity index (χ0n) is 14.2. The van der Waals surface area contributed by atoms with Gasteiger partial charge in [0.1, 0.15) is 0 Å². The molecule has 10 heteroatoms. The summed E-state index contributed by atoms with van der Waals surface area (Å²) in [5, 5.41) is 3.32. The number of anilines is 1. The molecule has 0 aliphatic rings. The Morgan fingerprint density at radius 3 is 2.48 bits per heavy atom. The molecule has 0 spiro atoms. The molecule has 27 heavy (non-hydrogen) atoms. The zero-order chi connectivity index (χ0) is 19.4. The number of rotatable bonds is 6. The fraction of sp³-hybridized carbons (Fsp3) is 0.118. The van der Waals surface area contributed by atoms with Crippen LogP contribution in [0.4, 0.5) is 5.69 Å². The van der Waals surface area contributed by atoms with Crippen molar-refractivity contribution < 1.29 is 18.0 Å². The lowest BCUT2D eigenvalue weighted by Crippen LogP contribution is -2.28. The van der Waals surface area contributed by atoms with Crippen molar-refractivity contribution in [2.45, 2.75) is 17.0 Å². The summed E-state index contributed by atoms with van der Waals surface area (Å²) in [5.41, 5.74) is 2.18. The molecule has 0 aliphatic heterocycles. The van der Waals surface area contributed by atoms with Gasteiger partial charge in [0.15, 0.2) is 5.16 Å². The van der Waals surface area contributed by atoms with Gasteiger partial charge in [-0.05, 0) is 36.4 Å². The molecule has 1 heterocycles. The molecule has 8 nitrogen and oxygen atoms in total. The van der Waals surface area contributed by atoms with E-state index in [0.29, 0.717) is 10.8 Å². The van der Waals surface area contributed by atoms with Crippen LogP contribution < -0.4 is 10.0 Å². The molecule has 2 aromatic carbocycles. The number of para-hydroxylation sites is 2. The third-order valence-corrected chi connectivity index (χ3v) is 5.76. The van der Waals surface area contributed by atoms with E-state index in [9.17, 15) is 18.0 Å². The van der Waals surface area contributed by atoms with Gasteiger partial charge < -0.3 is 10.3 Å². The number of nitrogens with zero attached hydrogens (tertiary/aromatic N) is 1. The Hall–Kier alpha value is -2.85. The van der Waals surface area contributed by atoms with E-state index in [2.05, 4.69) is 15.3 Å². The van der Waals surface area contributed by atoms with E-state index in [0.717, 1.165) is 18.0 Å². The second-order valence-corrected chi connectivity index (χ2v) is 8.23. The summed E-state index contributed by atoms with van der Waals surface area (Å²) in [5.74, 6) is -0.779. The van der Waals surface area contributed by atoms with Crippen LogP contribution in [-0.4, -0.2) is 36.0 Å². The molecule has 1 aromatic heterocycles. The van der Waals surface area contributed by atoms with Crippen molar-refractivity contribution in [1.29, 1.82) is 0 Å². The minimum atomic E-state index is -3.89. The molecular weight excluding hydrogens is 388 g/mol. The first kappa shape index (κ1) is 18.9. The molecule has 140 valence electrons. The highest BCUT2D eigenvalue weighted by molar-refractivity contribution is 7.99. The number of imidazole rings is 1. The SMILES string of the molecule is CC(=O)NS(=O)(=O)c1ccc(NC(=O)CSc2nc3ccccc3[nH]2)cc1. The normalized spacial score (nSPS) is 11.3. The molecule has 0 fully saturated rings. The van der Waals surface area contributed by atoms with Crippen molar-refractivity contribution in [1.82, 2.24) is 14.7 Å². The van der Waals surface area contributed by atoms with Crippen molar-refractivity contribution in [3.63, 3.8) is 0 Å². The van der Waals surface area contributed by atoms with Gasteiger partial charge in [-0.1, -0.05) is 23.9 Å². The fourth-order valence-electron chi connectivity index (χ4n) is 2.29. The Bertz CT molecular complexity index is 1060. The topological polar surface area (TPSA) is 121 Å². The van der Waals surface area contributed by atoms with Crippen LogP contribution in [0.25, 0.3) is 11.0 Å². The third-order valence-electron chi connectivity index (χ3n) is 3.43. The third kappa shape index (κ3) is 4.86. The predicted molar refractivity (Wildman–Crippen MR) is 103 cm³/mol. The molecule has 0 saturated carbocycles. The lowest BCUT2D eigenvalue weighted by atomic mass is 10.3. The smallest absolute Gasteiger partial charge is 0.264 e. The van der Waals surface area contributed by atoms with Gasteiger partial charge >= 0.3 is 0 Å². The zero-order valence-corrected chi connectivity index (χ0v) is 15.9. The van der Waals surface area contributed by atoms with Gasteiger partial charge in [0.05, 0.1) is 21.7 Å². The first-order valence-electron chi connectivity index (χ1n) is 7.84. The van der Waals surface area contributed by atoms with Crippen molar-refractivity contribution in [2.24, 2.45) is 0 Å². The average Bonchev–Trinajstić information content (AvgIpc) is 3.02. The van der Waals surface area contributed by atoms with Crippen LogP contribution >= 0.6 is 11.8 Å². The Morgan fingerprint density at radius 1 is 1.11 bits per heavy atom. The summed E-state index contributed by atoms with van der Waals surface area (Å²) >= 11 is 1.27. The maximum atomic E-state index is 12.1. The van der Waals surface area contributed by atoms with Crippen LogP contribution in [0.1, 0.15) is 6.92 Å². The standard InChI is InChI=1S/C17H16N4O4S2/c1-11(22)21-27(24,25)13-8-6-12(7-9-13)18-16(23)10-26-17-19-14-4-2-3-5-15(14)20-17/h2-9H,10H2,1H3,(H,18,23)(H,19,20)(H,21,22). The number of thioether (sulfide) groups is 1. The van der Waals surface area contributed by atoms with E-state index in [1.807, 2.05) is 29.0 Å². The molecule has 0 unspecified atom stereocenters. The van der Waals surface area contributed by atoms with Crippen LogP contribution in [0.5, 0.6) is 0 Å². The van der Waals surface area contributed by atoms with Crippen LogP contribution in [-0.2, 0) is 19.6 Å². The summed E-state index contributed by atoms with van der Waals surface area (Å²) in [6.45, 7) is 1.12. The molecular formula is C17H16N4O4S2. The summed E-state index contributed by atoms with van der Waals surface area (Å²) < 4.78 is 25.6. The number of carbonyl (C=O) groups is 2. The van der Waals surface area contributed by atoms with Crippen molar-refractivity contribution in [2.75, 3.05) is 11.1 Å². The molecule has 0 radical (unpaired) electrons. The molecule has 0 aliphatic carbocycles. The summed E-state index contributed by atoms with van der Waals surface area (Å²) in [6, 6.07) is 13.1. The van der Waals surface area contributed by atoms with Crippen LogP contribution in [0.15, 0.2) is 58.6 Å². The van der Waals surface area contributed by atoms with Gasteiger partial charge in [-0.2, -0.15) is 0 Å². The number of sulfonamides is 1. The first-order chi connectivity index (χ1) is 12.8. The first-order valence-corrected chi connectivity index (χ1v) is 10.3. The maximum absolute atomic E-state index is 12.1. The number of hydrogen-bond acceptors (Lipinski definition) is 6. The van der Waals surface area contributed by atoms with Gasteiger partial charge in [0, 0.05) is 12.6 Å². The van der Waals surface area contributed by atoms with E-state index >= 15 is 0 Å². The van der Waals surface area contributed by atoms with Crippen LogP contribution in [0.3, 0.4) is 0 Å². The Morgan fingerprint density at radius 2 is 1.81 bits per heavy atom. The number of H-pyrrole nitrogens is 1. The van der Waals surface area contributed by atoms with E-state index in [1.165, 1.54) is 36.0 Å². The van der Waals surface area contributed by atoms with Gasteiger partial charge in [-0.15, -0.1) is 0 Å². The summed E-state index contributed by atoms with van der Waals surface area (Å²) in [7, 11) is -3.89. The summed E-state index contributed by atoms with van der Waals surface area (Å²) in [6.07, 6.45) is 0. The highest BCUT2D eigenvalue weighted by Crippen LogP contribution is 2.20. The van der Waals surface area contributed by atoms with Crippen LogP contribution in [0, 0.1) is 0 Å². The number of hydrogen-bond donors (Lipinski definition) is 3. The second-order valence-electron chi connectivity index (χ2n) is 5.58. The second kappa shape index (κ2) is 7.80. The Labute approximate surface area is 159 Å². The Kier molecular flexibility index (Phi) is 5.47.